The molecule has 1 unspecified atom stereocenters. The van der Waals surface area contributed by atoms with Crippen molar-refractivity contribution in [2.45, 2.75) is 43.3 Å². The van der Waals surface area contributed by atoms with Crippen molar-refractivity contribution in [1.82, 2.24) is 0 Å². The Hall–Kier alpha value is -0.0900. The van der Waals surface area contributed by atoms with Gasteiger partial charge in [0, 0.05) is 23.4 Å². The molecule has 2 aliphatic rings. The van der Waals surface area contributed by atoms with E-state index in [4.69, 9.17) is 32.7 Å². The highest BCUT2D eigenvalue weighted by Gasteiger charge is 2.39. The number of alkyl halides is 1. The maximum atomic E-state index is 6.23. The third kappa shape index (κ3) is 3.82. The van der Waals surface area contributed by atoms with Gasteiger partial charge in [-0.2, -0.15) is 11.8 Å². The fourth-order valence-electron chi connectivity index (χ4n) is 3.12. The second-order valence-electron chi connectivity index (χ2n) is 5.76. The number of thioether (sulfide) groups is 1. The molecule has 0 radical (unpaired) electrons. The topological polar surface area (TPSA) is 18.5 Å². The molecule has 1 aromatic carbocycles. The summed E-state index contributed by atoms with van der Waals surface area (Å²) >= 11 is 14.0. The third-order valence-electron chi connectivity index (χ3n) is 4.31. The summed E-state index contributed by atoms with van der Waals surface area (Å²) in [6.45, 7) is 0.791. The minimum Gasteiger partial charge on any atom is -0.490 e. The van der Waals surface area contributed by atoms with Crippen LogP contribution in [0.5, 0.6) is 5.75 Å². The summed E-state index contributed by atoms with van der Waals surface area (Å²) in [6, 6.07) is 5.68. The highest BCUT2D eigenvalue weighted by atomic mass is 35.5. The predicted octanol–water partition coefficient (Wildman–Crippen LogP) is 4.90. The van der Waals surface area contributed by atoms with Gasteiger partial charge in [0.15, 0.2) is 0 Å². The van der Waals surface area contributed by atoms with Gasteiger partial charge in [0.25, 0.3) is 0 Å². The quantitative estimate of drug-likeness (QED) is 0.725. The SMILES string of the molecule is ClCc1cc(Cl)ccc1OC1CCOC2(CCSCC2)C1. The van der Waals surface area contributed by atoms with E-state index in [1.165, 1.54) is 11.5 Å². The van der Waals surface area contributed by atoms with Crippen LogP contribution in [0.15, 0.2) is 18.2 Å². The minimum atomic E-state index is 0.0434. The van der Waals surface area contributed by atoms with Crippen LogP contribution < -0.4 is 4.74 Å². The largest absolute Gasteiger partial charge is 0.490 e. The standard InChI is InChI=1S/C16H20Cl2O2S/c17-11-12-9-13(18)1-2-15(12)20-14-3-6-19-16(10-14)4-7-21-8-5-16/h1-2,9,14H,3-8,10-11H2. The molecule has 1 spiro atoms. The highest BCUT2D eigenvalue weighted by Crippen LogP contribution is 2.39. The molecule has 1 atom stereocenters. The van der Waals surface area contributed by atoms with Crippen LogP contribution in [0.4, 0.5) is 0 Å². The summed E-state index contributed by atoms with van der Waals surface area (Å²) in [7, 11) is 0. The molecule has 1 aromatic rings. The van der Waals surface area contributed by atoms with Crippen LogP contribution >= 0.6 is 35.0 Å². The Labute approximate surface area is 140 Å². The van der Waals surface area contributed by atoms with Gasteiger partial charge in [-0.05, 0) is 42.5 Å². The first-order valence-electron chi connectivity index (χ1n) is 7.43. The molecule has 0 bridgehead atoms. The van der Waals surface area contributed by atoms with E-state index in [0.717, 1.165) is 43.6 Å². The Morgan fingerprint density at radius 2 is 2.14 bits per heavy atom. The zero-order valence-electron chi connectivity index (χ0n) is 11.9. The molecule has 0 amide bonds. The molecule has 3 rings (SSSR count). The van der Waals surface area contributed by atoms with Gasteiger partial charge >= 0.3 is 0 Å². The van der Waals surface area contributed by atoms with Crippen molar-refractivity contribution >= 4 is 35.0 Å². The lowest BCUT2D eigenvalue weighted by Gasteiger charge is -2.43. The number of hydrogen-bond donors (Lipinski definition) is 0. The Kier molecular flexibility index (Phi) is 5.26. The van der Waals surface area contributed by atoms with Gasteiger partial charge in [-0.15, -0.1) is 11.6 Å². The van der Waals surface area contributed by atoms with Gasteiger partial charge in [0.2, 0.25) is 0 Å². The first-order valence-corrected chi connectivity index (χ1v) is 9.50. The lowest BCUT2D eigenvalue weighted by atomic mass is 9.86. The van der Waals surface area contributed by atoms with Crippen LogP contribution in [-0.2, 0) is 10.6 Å². The van der Waals surface area contributed by atoms with Gasteiger partial charge < -0.3 is 9.47 Å². The molecule has 2 saturated heterocycles. The molecule has 2 nitrogen and oxygen atoms in total. The fraction of sp³-hybridized carbons (Fsp3) is 0.625. The van der Waals surface area contributed by atoms with E-state index < -0.39 is 0 Å². The average Bonchev–Trinajstić information content (AvgIpc) is 2.50. The highest BCUT2D eigenvalue weighted by molar-refractivity contribution is 7.99. The van der Waals surface area contributed by atoms with Crippen molar-refractivity contribution in [3.05, 3.63) is 28.8 Å². The molecule has 2 fully saturated rings. The minimum absolute atomic E-state index is 0.0434. The number of halogens is 2. The second-order valence-corrected chi connectivity index (χ2v) is 7.69. The number of hydrogen-bond acceptors (Lipinski definition) is 3. The van der Waals surface area contributed by atoms with Crippen LogP contribution in [0.1, 0.15) is 31.2 Å². The summed E-state index contributed by atoms with van der Waals surface area (Å²) in [5.74, 6) is 3.67. The molecule has 0 saturated carbocycles. The summed E-state index contributed by atoms with van der Waals surface area (Å²) in [5, 5.41) is 0.700. The van der Waals surface area contributed by atoms with Crippen LogP contribution in [-0.4, -0.2) is 29.8 Å². The average molecular weight is 347 g/mol. The number of ether oxygens (including phenoxy) is 2. The van der Waals surface area contributed by atoms with Gasteiger partial charge in [-0.3, -0.25) is 0 Å². The predicted molar refractivity (Wildman–Crippen MR) is 89.9 cm³/mol. The lowest BCUT2D eigenvalue weighted by molar-refractivity contribution is -0.116. The van der Waals surface area contributed by atoms with Crippen LogP contribution in [0, 0.1) is 0 Å². The van der Waals surface area contributed by atoms with Crippen LogP contribution in [0.25, 0.3) is 0 Å². The summed E-state index contributed by atoms with van der Waals surface area (Å²) in [5.41, 5.74) is 1.01. The fourth-order valence-corrected chi connectivity index (χ4v) is 4.76. The Balaban J connectivity index is 1.70. The van der Waals surface area contributed by atoms with E-state index in [1.807, 2.05) is 30.0 Å². The van der Waals surface area contributed by atoms with E-state index in [-0.39, 0.29) is 11.7 Å². The molecule has 5 heteroatoms. The molecule has 0 N–H and O–H groups in total. The van der Waals surface area contributed by atoms with Crippen LogP contribution in [0.2, 0.25) is 5.02 Å². The van der Waals surface area contributed by atoms with E-state index in [2.05, 4.69) is 0 Å². The van der Waals surface area contributed by atoms with Crippen molar-refractivity contribution < 1.29 is 9.47 Å². The summed E-state index contributed by atoms with van der Waals surface area (Å²) < 4.78 is 12.3. The lowest BCUT2D eigenvalue weighted by Crippen LogP contribution is -2.46. The molecular weight excluding hydrogens is 327 g/mol. The normalized spacial score (nSPS) is 25.0. The Morgan fingerprint density at radius 3 is 2.90 bits per heavy atom. The molecule has 2 aliphatic heterocycles. The van der Waals surface area contributed by atoms with Crippen LogP contribution in [0.3, 0.4) is 0 Å². The zero-order valence-corrected chi connectivity index (χ0v) is 14.3. The van der Waals surface area contributed by atoms with Gasteiger partial charge in [0.05, 0.1) is 18.1 Å². The molecular formula is C16H20Cl2O2S. The molecule has 2 heterocycles. The van der Waals surface area contributed by atoms with Crippen molar-refractivity contribution in [2.75, 3.05) is 18.1 Å². The van der Waals surface area contributed by atoms with E-state index in [1.54, 1.807) is 0 Å². The Morgan fingerprint density at radius 1 is 1.33 bits per heavy atom. The number of rotatable bonds is 3. The molecule has 116 valence electrons. The van der Waals surface area contributed by atoms with E-state index in [9.17, 15) is 0 Å². The number of benzene rings is 1. The van der Waals surface area contributed by atoms with Crippen molar-refractivity contribution in [3.8, 4) is 5.75 Å². The smallest absolute Gasteiger partial charge is 0.124 e. The second kappa shape index (κ2) is 6.99. The van der Waals surface area contributed by atoms with Gasteiger partial charge in [0.1, 0.15) is 11.9 Å². The molecule has 0 aliphatic carbocycles. The van der Waals surface area contributed by atoms with Crippen molar-refractivity contribution in [3.63, 3.8) is 0 Å². The molecule has 0 aromatic heterocycles. The first kappa shape index (κ1) is 15.8. The monoisotopic (exact) mass is 346 g/mol. The van der Waals surface area contributed by atoms with Gasteiger partial charge in [-0.1, -0.05) is 11.6 Å². The maximum Gasteiger partial charge on any atom is 0.124 e. The van der Waals surface area contributed by atoms with Crippen molar-refractivity contribution in [2.24, 2.45) is 0 Å². The van der Waals surface area contributed by atoms with E-state index >= 15 is 0 Å². The molecule has 21 heavy (non-hydrogen) atoms. The Bertz CT molecular complexity index is 484. The zero-order chi connectivity index (χ0) is 14.7. The summed E-state index contributed by atoms with van der Waals surface area (Å²) in [6.07, 6.45) is 4.42. The van der Waals surface area contributed by atoms with Gasteiger partial charge in [-0.25, -0.2) is 0 Å². The first-order chi connectivity index (χ1) is 10.2. The summed E-state index contributed by atoms with van der Waals surface area (Å²) in [4.78, 5) is 0. The third-order valence-corrected chi connectivity index (χ3v) is 5.82. The van der Waals surface area contributed by atoms with E-state index in [0.29, 0.717) is 10.9 Å². The maximum absolute atomic E-state index is 6.23. The van der Waals surface area contributed by atoms with Crippen molar-refractivity contribution in [1.29, 1.82) is 0 Å².